The third kappa shape index (κ3) is 7.15. The van der Waals surface area contributed by atoms with E-state index in [1.165, 1.54) is 0 Å². The Hall–Kier alpha value is -3.71. The van der Waals surface area contributed by atoms with Gasteiger partial charge in [-0.05, 0) is 35.0 Å². The fraction of sp³-hybridized carbons (Fsp3) is 0.269. The second-order valence-corrected chi connectivity index (χ2v) is 8.96. The topological polar surface area (TPSA) is 87.3 Å². The van der Waals surface area contributed by atoms with Crippen LogP contribution in [0.4, 0.5) is 5.69 Å². The molecule has 0 aliphatic carbocycles. The van der Waals surface area contributed by atoms with Gasteiger partial charge in [0.05, 0.1) is 45.5 Å². The van der Waals surface area contributed by atoms with Gasteiger partial charge in [0.1, 0.15) is 0 Å². The van der Waals surface area contributed by atoms with E-state index in [9.17, 15) is 14.4 Å². The molecule has 0 aliphatic rings. The summed E-state index contributed by atoms with van der Waals surface area (Å²) in [6, 6.07) is 20.0. The van der Waals surface area contributed by atoms with Crippen molar-refractivity contribution in [1.82, 2.24) is 10.6 Å². The maximum atomic E-state index is 12.8. The lowest BCUT2D eigenvalue weighted by Crippen LogP contribution is -2.40. The third-order valence-corrected chi connectivity index (χ3v) is 5.17. The molecular formula is C26H31N4O3+. The Morgan fingerprint density at radius 2 is 1.48 bits per heavy atom. The number of carbonyl (C=O) groups is 3. The van der Waals surface area contributed by atoms with Crippen molar-refractivity contribution < 1.29 is 18.9 Å². The third-order valence-electron chi connectivity index (χ3n) is 5.17. The van der Waals surface area contributed by atoms with Gasteiger partial charge in [0.15, 0.2) is 0 Å². The highest BCUT2D eigenvalue weighted by Gasteiger charge is 2.15. The van der Waals surface area contributed by atoms with Crippen molar-refractivity contribution in [2.24, 2.45) is 0 Å². The van der Waals surface area contributed by atoms with Gasteiger partial charge < -0.3 is 20.4 Å². The molecule has 0 aliphatic heterocycles. The molecule has 7 heteroatoms. The van der Waals surface area contributed by atoms with Crippen molar-refractivity contribution >= 4 is 34.2 Å². The largest absolute Gasteiger partial charge is 0.354 e. The molecule has 0 radical (unpaired) electrons. The molecule has 3 amide bonds. The van der Waals surface area contributed by atoms with E-state index in [1.807, 2.05) is 36.4 Å². The van der Waals surface area contributed by atoms with Gasteiger partial charge in [-0.15, -0.1) is 0 Å². The molecule has 172 valence electrons. The molecule has 0 fully saturated rings. The first-order chi connectivity index (χ1) is 15.7. The molecule has 0 atom stereocenters. The smallest absolute Gasteiger partial charge is 0.255 e. The van der Waals surface area contributed by atoms with E-state index >= 15 is 0 Å². The summed E-state index contributed by atoms with van der Waals surface area (Å²) in [6.45, 7) is 1.37. The van der Waals surface area contributed by atoms with E-state index < -0.39 is 5.91 Å². The summed E-state index contributed by atoms with van der Waals surface area (Å²) < 4.78 is 0.828. The van der Waals surface area contributed by atoms with E-state index in [4.69, 9.17) is 0 Å². The van der Waals surface area contributed by atoms with Gasteiger partial charge in [-0.1, -0.05) is 42.5 Å². The fourth-order valence-electron chi connectivity index (χ4n) is 3.41. The normalized spacial score (nSPS) is 11.1. The predicted octanol–water partition coefficient (Wildman–Crippen LogP) is 3.03. The second kappa shape index (κ2) is 10.7. The number of hydrogen-bond donors (Lipinski definition) is 3. The van der Waals surface area contributed by atoms with Crippen LogP contribution in [0.25, 0.3) is 10.8 Å². The Morgan fingerprint density at radius 3 is 2.24 bits per heavy atom. The number of para-hydroxylation sites is 1. The Labute approximate surface area is 194 Å². The SMILES string of the molecule is C[N+](C)(C)CCCNC(=O)CNC(=O)c1ccccc1NC(=O)c1ccc2ccccc2c1. The van der Waals surface area contributed by atoms with Crippen molar-refractivity contribution in [1.29, 1.82) is 0 Å². The molecule has 3 aromatic carbocycles. The highest BCUT2D eigenvalue weighted by atomic mass is 16.2. The van der Waals surface area contributed by atoms with Gasteiger partial charge in [-0.25, -0.2) is 0 Å². The summed E-state index contributed by atoms with van der Waals surface area (Å²) in [5, 5.41) is 10.3. The summed E-state index contributed by atoms with van der Waals surface area (Å²) in [5.74, 6) is -0.982. The van der Waals surface area contributed by atoms with Gasteiger partial charge in [-0.2, -0.15) is 0 Å². The van der Waals surface area contributed by atoms with Crippen LogP contribution in [0.3, 0.4) is 0 Å². The fourth-order valence-corrected chi connectivity index (χ4v) is 3.41. The van der Waals surface area contributed by atoms with Crippen LogP contribution in [0.1, 0.15) is 27.1 Å². The number of quaternary nitrogens is 1. The number of nitrogens with one attached hydrogen (secondary N) is 3. The summed E-state index contributed by atoms with van der Waals surface area (Å²) in [4.78, 5) is 37.5. The van der Waals surface area contributed by atoms with Gasteiger partial charge in [-0.3, -0.25) is 14.4 Å². The van der Waals surface area contributed by atoms with Gasteiger partial charge in [0.2, 0.25) is 5.91 Å². The van der Waals surface area contributed by atoms with Gasteiger partial charge in [0.25, 0.3) is 11.8 Å². The molecule has 7 nitrogen and oxygen atoms in total. The Balaban J connectivity index is 1.58. The van der Waals surface area contributed by atoms with Crippen LogP contribution in [0, 0.1) is 0 Å². The van der Waals surface area contributed by atoms with Gasteiger partial charge in [0, 0.05) is 18.5 Å². The van der Waals surface area contributed by atoms with Crippen LogP contribution in [0.5, 0.6) is 0 Å². The monoisotopic (exact) mass is 447 g/mol. The number of amides is 3. The average molecular weight is 448 g/mol. The van der Waals surface area contributed by atoms with Crippen LogP contribution in [0.15, 0.2) is 66.7 Å². The van der Waals surface area contributed by atoms with Crippen LogP contribution < -0.4 is 16.0 Å². The average Bonchev–Trinajstić information content (AvgIpc) is 2.79. The van der Waals surface area contributed by atoms with Crippen molar-refractivity contribution in [3.63, 3.8) is 0 Å². The molecule has 0 saturated carbocycles. The Bertz CT molecular complexity index is 1150. The molecule has 0 aromatic heterocycles. The lowest BCUT2D eigenvalue weighted by molar-refractivity contribution is -0.870. The Morgan fingerprint density at radius 1 is 0.788 bits per heavy atom. The van der Waals surface area contributed by atoms with Crippen molar-refractivity contribution in [2.45, 2.75) is 6.42 Å². The first-order valence-corrected chi connectivity index (χ1v) is 11.0. The van der Waals surface area contributed by atoms with Crippen LogP contribution in [-0.4, -0.2) is 63.0 Å². The zero-order valence-corrected chi connectivity index (χ0v) is 19.4. The van der Waals surface area contributed by atoms with Crippen LogP contribution in [0.2, 0.25) is 0 Å². The van der Waals surface area contributed by atoms with Crippen LogP contribution in [-0.2, 0) is 4.79 Å². The lowest BCUT2D eigenvalue weighted by Gasteiger charge is -2.23. The standard InChI is InChI=1S/C26H30N4O3/c1-30(2,3)16-8-15-27-24(31)18-28-26(33)22-11-6-7-12-23(22)29-25(32)21-14-13-19-9-4-5-10-20(19)17-21/h4-7,9-14,17H,8,15-16,18H2,1-3H3,(H2-,27,28,29,31,32,33)/p+1. The number of carbonyl (C=O) groups excluding carboxylic acids is 3. The van der Waals surface area contributed by atoms with Crippen molar-refractivity contribution in [3.05, 3.63) is 77.9 Å². The second-order valence-electron chi connectivity index (χ2n) is 8.96. The minimum atomic E-state index is -0.425. The number of hydrogen-bond acceptors (Lipinski definition) is 3. The number of nitrogens with zero attached hydrogens (tertiary/aromatic N) is 1. The van der Waals surface area contributed by atoms with E-state index in [-0.39, 0.29) is 18.4 Å². The molecule has 3 N–H and O–H groups in total. The van der Waals surface area contributed by atoms with E-state index in [0.29, 0.717) is 23.4 Å². The molecule has 3 aromatic rings. The summed E-state index contributed by atoms with van der Waals surface area (Å²) >= 11 is 0. The molecular weight excluding hydrogens is 416 g/mol. The molecule has 0 saturated heterocycles. The molecule has 3 rings (SSSR count). The number of benzene rings is 3. The summed E-state index contributed by atoms with van der Waals surface area (Å²) in [5.41, 5.74) is 1.18. The molecule has 0 unspecified atom stereocenters. The first-order valence-electron chi connectivity index (χ1n) is 11.0. The lowest BCUT2D eigenvalue weighted by atomic mass is 10.1. The van der Waals surface area contributed by atoms with Crippen LogP contribution >= 0.6 is 0 Å². The van der Waals surface area contributed by atoms with Crippen molar-refractivity contribution in [3.8, 4) is 0 Å². The molecule has 33 heavy (non-hydrogen) atoms. The maximum absolute atomic E-state index is 12.8. The number of rotatable bonds is 9. The molecule has 0 heterocycles. The highest BCUT2D eigenvalue weighted by Crippen LogP contribution is 2.19. The predicted molar refractivity (Wildman–Crippen MR) is 131 cm³/mol. The molecule has 0 spiro atoms. The summed E-state index contributed by atoms with van der Waals surface area (Å²) in [7, 11) is 6.29. The molecule has 0 bridgehead atoms. The van der Waals surface area contributed by atoms with Crippen molar-refractivity contribution in [2.75, 3.05) is 46.1 Å². The van der Waals surface area contributed by atoms with E-state index in [0.717, 1.165) is 28.2 Å². The van der Waals surface area contributed by atoms with E-state index in [2.05, 4.69) is 37.1 Å². The zero-order valence-electron chi connectivity index (χ0n) is 19.4. The first kappa shape index (κ1) is 23.9. The quantitative estimate of drug-likeness (QED) is 0.348. The van der Waals surface area contributed by atoms with E-state index in [1.54, 1.807) is 30.3 Å². The highest BCUT2D eigenvalue weighted by molar-refractivity contribution is 6.10. The Kier molecular flexibility index (Phi) is 7.79. The zero-order chi connectivity index (χ0) is 23.8. The number of fused-ring (bicyclic) bond motifs is 1. The minimum Gasteiger partial charge on any atom is -0.354 e. The number of anilines is 1. The van der Waals surface area contributed by atoms with Gasteiger partial charge >= 0.3 is 0 Å². The maximum Gasteiger partial charge on any atom is 0.255 e. The minimum absolute atomic E-state index is 0.129. The summed E-state index contributed by atoms with van der Waals surface area (Å²) in [6.07, 6.45) is 0.854.